The van der Waals surface area contributed by atoms with Gasteiger partial charge in [-0.15, -0.1) is 0 Å². The van der Waals surface area contributed by atoms with E-state index in [2.05, 4.69) is 43.5 Å². The molecule has 5 nitrogen and oxygen atoms in total. The van der Waals surface area contributed by atoms with E-state index in [1.165, 1.54) is 0 Å². The summed E-state index contributed by atoms with van der Waals surface area (Å²) in [6.07, 6.45) is 1.65. The van der Waals surface area contributed by atoms with Crippen LogP contribution in [-0.2, 0) is 16.1 Å². The molecule has 0 amide bonds. The maximum atomic E-state index is 12.4. The summed E-state index contributed by atoms with van der Waals surface area (Å²) in [6, 6.07) is 18.8. The quantitative estimate of drug-likeness (QED) is 0.159. The van der Waals surface area contributed by atoms with Gasteiger partial charge in [0.2, 0.25) is 5.90 Å². The van der Waals surface area contributed by atoms with Gasteiger partial charge in [-0.2, -0.15) is 0 Å². The number of halogens is 3. The summed E-state index contributed by atoms with van der Waals surface area (Å²) >= 11 is 12.0. The van der Waals surface area contributed by atoms with E-state index < -0.39 is 5.97 Å². The molecule has 0 N–H and O–H groups in total. The SMILES string of the molecule is CCOc1cc(/C=C2\N=C(c3cc(I)ccc3Cl)OC2=O)ccc1OCc1ccccc1Br. The average Bonchev–Trinajstić information content (AvgIpc) is 3.16. The van der Waals surface area contributed by atoms with Gasteiger partial charge in [0.05, 0.1) is 17.2 Å². The number of carbonyl (C=O) groups excluding carboxylic acids is 1. The van der Waals surface area contributed by atoms with Gasteiger partial charge in [-0.3, -0.25) is 0 Å². The van der Waals surface area contributed by atoms with Crippen molar-refractivity contribution in [1.29, 1.82) is 0 Å². The van der Waals surface area contributed by atoms with E-state index in [9.17, 15) is 4.79 Å². The first-order valence-corrected chi connectivity index (χ1v) is 12.3. The Labute approximate surface area is 218 Å². The van der Waals surface area contributed by atoms with Gasteiger partial charge in [-0.05, 0) is 77.6 Å². The molecule has 0 aromatic heterocycles. The molecule has 0 aliphatic carbocycles. The number of hydrogen-bond acceptors (Lipinski definition) is 5. The summed E-state index contributed by atoms with van der Waals surface area (Å²) < 4.78 is 19.1. The summed E-state index contributed by atoms with van der Waals surface area (Å²) in [4.78, 5) is 16.8. The lowest BCUT2D eigenvalue weighted by atomic mass is 10.1. The first-order chi connectivity index (χ1) is 15.9. The normalized spacial score (nSPS) is 14.2. The largest absolute Gasteiger partial charge is 0.490 e. The highest BCUT2D eigenvalue weighted by molar-refractivity contribution is 14.1. The van der Waals surface area contributed by atoms with Crippen molar-refractivity contribution in [2.24, 2.45) is 4.99 Å². The molecule has 0 unspecified atom stereocenters. The minimum Gasteiger partial charge on any atom is -0.490 e. The standard InChI is InChI=1S/C25H18BrClINO4/c1-2-31-23-12-15(7-10-22(23)32-14-16-5-3-4-6-19(16)26)11-21-25(30)33-24(29-21)18-13-17(28)8-9-20(18)27/h3-13H,2,14H2,1H3/b21-11-. The molecule has 0 saturated carbocycles. The van der Waals surface area contributed by atoms with E-state index in [0.29, 0.717) is 35.3 Å². The molecule has 1 aliphatic rings. The monoisotopic (exact) mass is 637 g/mol. The lowest BCUT2D eigenvalue weighted by Crippen LogP contribution is -2.06. The summed E-state index contributed by atoms with van der Waals surface area (Å²) in [5, 5.41) is 0.466. The first-order valence-electron chi connectivity index (χ1n) is 10.1. The highest BCUT2D eigenvalue weighted by Crippen LogP contribution is 2.32. The average molecular weight is 639 g/mol. The number of carbonyl (C=O) groups is 1. The molecular formula is C25H18BrClINO4. The topological polar surface area (TPSA) is 57.1 Å². The number of rotatable bonds is 7. The zero-order valence-electron chi connectivity index (χ0n) is 17.5. The van der Waals surface area contributed by atoms with E-state index in [0.717, 1.165) is 19.2 Å². The fourth-order valence-corrected chi connectivity index (χ4v) is 4.21. The van der Waals surface area contributed by atoms with Crippen molar-refractivity contribution in [3.05, 3.63) is 96.1 Å². The second-order valence-electron chi connectivity index (χ2n) is 6.98. The lowest BCUT2D eigenvalue weighted by Gasteiger charge is -2.13. The number of hydrogen-bond donors (Lipinski definition) is 0. The van der Waals surface area contributed by atoms with Gasteiger partial charge in [0.15, 0.2) is 17.2 Å². The van der Waals surface area contributed by atoms with Crippen LogP contribution in [0.15, 0.2) is 75.8 Å². The van der Waals surface area contributed by atoms with Crippen LogP contribution in [0.1, 0.15) is 23.6 Å². The Morgan fingerprint density at radius 1 is 1.09 bits per heavy atom. The Balaban J connectivity index is 1.59. The Hall–Kier alpha value is -2.36. The van der Waals surface area contributed by atoms with Crippen molar-refractivity contribution in [3.8, 4) is 11.5 Å². The molecule has 0 bridgehead atoms. The molecule has 1 aliphatic heterocycles. The predicted octanol–water partition coefficient (Wildman–Crippen LogP) is 7.03. The number of esters is 1. The summed E-state index contributed by atoms with van der Waals surface area (Å²) in [6.45, 7) is 2.76. The Morgan fingerprint density at radius 3 is 2.70 bits per heavy atom. The van der Waals surface area contributed by atoms with Crippen LogP contribution in [0.5, 0.6) is 11.5 Å². The second kappa shape index (κ2) is 10.7. The van der Waals surface area contributed by atoms with Crippen molar-refractivity contribution in [2.75, 3.05) is 6.61 Å². The molecule has 1 heterocycles. The van der Waals surface area contributed by atoms with E-state index in [1.807, 2.05) is 61.5 Å². The van der Waals surface area contributed by atoms with Gasteiger partial charge in [-0.1, -0.05) is 51.8 Å². The summed E-state index contributed by atoms with van der Waals surface area (Å²) in [7, 11) is 0. The van der Waals surface area contributed by atoms with E-state index in [-0.39, 0.29) is 11.6 Å². The minimum absolute atomic E-state index is 0.185. The highest BCUT2D eigenvalue weighted by Gasteiger charge is 2.26. The van der Waals surface area contributed by atoms with Crippen LogP contribution < -0.4 is 9.47 Å². The van der Waals surface area contributed by atoms with Crippen LogP contribution >= 0.6 is 50.1 Å². The number of benzene rings is 3. The highest BCUT2D eigenvalue weighted by atomic mass is 127. The van der Waals surface area contributed by atoms with Crippen LogP contribution in [0, 0.1) is 3.57 Å². The third-order valence-corrected chi connectivity index (χ3v) is 6.47. The van der Waals surface area contributed by atoms with Gasteiger partial charge >= 0.3 is 5.97 Å². The van der Waals surface area contributed by atoms with E-state index in [4.69, 9.17) is 25.8 Å². The molecule has 0 spiro atoms. The van der Waals surface area contributed by atoms with Gasteiger partial charge in [-0.25, -0.2) is 9.79 Å². The van der Waals surface area contributed by atoms with Crippen molar-refractivity contribution >= 4 is 68.1 Å². The molecule has 0 fully saturated rings. The van der Waals surface area contributed by atoms with Gasteiger partial charge in [0.25, 0.3) is 0 Å². The fraction of sp³-hybridized carbons (Fsp3) is 0.120. The van der Waals surface area contributed by atoms with Gasteiger partial charge in [0.1, 0.15) is 6.61 Å². The molecule has 0 saturated heterocycles. The molecule has 0 atom stereocenters. The molecule has 3 aromatic rings. The summed E-state index contributed by atoms with van der Waals surface area (Å²) in [5.74, 6) is 0.842. The zero-order valence-corrected chi connectivity index (χ0v) is 22.0. The fourth-order valence-electron chi connectivity index (χ4n) is 3.12. The van der Waals surface area contributed by atoms with Crippen LogP contribution in [0.25, 0.3) is 6.08 Å². The van der Waals surface area contributed by atoms with Crippen LogP contribution in [0.3, 0.4) is 0 Å². The number of nitrogens with zero attached hydrogens (tertiary/aromatic N) is 1. The maximum Gasteiger partial charge on any atom is 0.363 e. The second-order valence-corrected chi connectivity index (χ2v) is 9.49. The molecule has 0 radical (unpaired) electrons. The Morgan fingerprint density at radius 2 is 1.91 bits per heavy atom. The van der Waals surface area contributed by atoms with Gasteiger partial charge < -0.3 is 14.2 Å². The van der Waals surface area contributed by atoms with Crippen LogP contribution in [0.4, 0.5) is 0 Å². The van der Waals surface area contributed by atoms with Crippen LogP contribution in [-0.4, -0.2) is 18.5 Å². The van der Waals surface area contributed by atoms with Crippen molar-refractivity contribution in [2.45, 2.75) is 13.5 Å². The molecule has 3 aromatic carbocycles. The minimum atomic E-state index is -0.535. The van der Waals surface area contributed by atoms with Crippen molar-refractivity contribution in [1.82, 2.24) is 0 Å². The first kappa shape index (κ1) is 23.8. The Bertz CT molecular complexity index is 1280. The molecule has 8 heteroatoms. The third kappa shape index (κ3) is 5.77. The zero-order chi connectivity index (χ0) is 23.4. The van der Waals surface area contributed by atoms with Crippen molar-refractivity contribution < 1.29 is 19.0 Å². The van der Waals surface area contributed by atoms with E-state index in [1.54, 1.807) is 12.1 Å². The predicted molar refractivity (Wildman–Crippen MR) is 141 cm³/mol. The molecule has 168 valence electrons. The number of aliphatic imine (C=N–C) groups is 1. The molecule has 33 heavy (non-hydrogen) atoms. The van der Waals surface area contributed by atoms with Gasteiger partial charge in [0, 0.05) is 13.6 Å². The Kier molecular flexibility index (Phi) is 7.72. The van der Waals surface area contributed by atoms with E-state index >= 15 is 0 Å². The number of cyclic esters (lactones) is 1. The summed E-state index contributed by atoms with van der Waals surface area (Å²) in [5.41, 5.74) is 2.52. The van der Waals surface area contributed by atoms with Crippen LogP contribution in [0.2, 0.25) is 5.02 Å². The molecular weight excluding hydrogens is 621 g/mol. The number of ether oxygens (including phenoxy) is 3. The smallest absolute Gasteiger partial charge is 0.363 e. The maximum absolute atomic E-state index is 12.4. The molecule has 4 rings (SSSR count). The van der Waals surface area contributed by atoms with Crippen molar-refractivity contribution in [3.63, 3.8) is 0 Å². The third-order valence-electron chi connectivity index (χ3n) is 4.69. The lowest BCUT2D eigenvalue weighted by molar-refractivity contribution is -0.129.